The molecular weight excluding hydrogens is 985 g/mol. The van der Waals surface area contributed by atoms with Crippen molar-refractivity contribution in [3.8, 4) is 11.5 Å². The molecule has 22 heteroatoms. The van der Waals surface area contributed by atoms with Gasteiger partial charge >= 0.3 is 10.3 Å². The van der Waals surface area contributed by atoms with Crippen LogP contribution < -0.4 is 25.1 Å². The van der Waals surface area contributed by atoms with E-state index in [0.29, 0.717) is 29.1 Å². The van der Waals surface area contributed by atoms with E-state index >= 15 is 0 Å². The van der Waals surface area contributed by atoms with E-state index in [-0.39, 0.29) is 66.0 Å². The molecule has 7 aromatic rings. The Bertz CT molecular complexity index is 3210. The van der Waals surface area contributed by atoms with Crippen LogP contribution in [0.5, 0.6) is 11.5 Å². The number of H-pyrrole nitrogens is 1. The molecule has 1 aliphatic heterocycles. The molecule has 0 radical (unpaired) electrons. The molecule has 0 spiro atoms. The van der Waals surface area contributed by atoms with Crippen LogP contribution in [0.1, 0.15) is 82.8 Å². The molecule has 1 saturated heterocycles. The summed E-state index contributed by atoms with van der Waals surface area (Å²) in [4.78, 5) is 50.6. The van der Waals surface area contributed by atoms with Gasteiger partial charge in [0.2, 0.25) is 11.9 Å². The number of ether oxygens (including phenoxy) is 4. The van der Waals surface area contributed by atoms with Gasteiger partial charge in [-0.05, 0) is 71.9 Å². The lowest BCUT2D eigenvalue weighted by Crippen LogP contribution is -2.45. The van der Waals surface area contributed by atoms with Gasteiger partial charge in [-0.2, -0.15) is 18.1 Å². The van der Waals surface area contributed by atoms with Crippen molar-refractivity contribution in [3.05, 3.63) is 131 Å². The Hall–Kier alpha value is -6.40. The highest BCUT2D eigenvalue weighted by Gasteiger charge is 2.47. The number of carbonyl (C=O) groups is 1. The van der Waals surface area contributed by atoms with Crippen molar-refractivity contribution in [1.29, 1.82) is 0 Å². The van der Waals surface area contributed by atoms with Crippen molar-refractivity contribution in [2.75, 3.05) is 32.7 Å². The minimum Gasteiger partial charge on any atom is -0.497 e. The van der Waals surface area contributed by atoms with Crippen LogP contribution >= 0.6 is 0 Å². The topological polar surface area (TPSA) is 238 Å². The highest BCUT2D eigenvalue weighted by molar-refractivity contribution is 7.84. The lowest BCUT2D eigenvalue weighted by Gasteiger charge is -2.39. The number of nitrogens with zero attached hydrogens (tertiary/aromatic N) is 7. The van der Waals surface area contributed by atoms with E-state index in [4.69, 9.17) is 27.6 Å². The number of aromatic nitrogens is 8. The van der Waals surface area contributed by atoms with Crippen LogP contribution in [0.4, 0.5) is 5.95 Å². The van der Waals surface area contributed by atoms with Crippen molar-refractivity contribution >= 4 is 52.8 Å². The quantitative estimate of drug-likeness (QED) is 0.0527. The summed E-state index contributed by atoms with van der Waals surface area (Å²) in [6.07, 6.45) is 4.27. The van der Waals surface area contributed by atoms with Crippen molar-refractivity contribution < 1.29 is 40.8 Å². The first-order valence-corrected chi connectivity index (χ1v) is 29.0. The molecule has 1 amide bonds. The van der Waals surface area contributed by atoms with Crippen LogP contribution in [0.15, 0.2) is 109 Å². The molecular formula is C52H64N10O10SSi. The first kappa shape index (κ1) is 52.5. The second-order valence-electron chi connectivity index (χ2n) is 20.7. The zero-order valence-corrected chi connectivity index (χ0v) is 44.8. The van der Waals surface area contributed by atoms with E-state index in [2.05, 4.69) is 73.8 Å². The Morgan fingerprint density at radius 2 is 1.50 bits per heavy atom. The first-order valence-electron chi connectivity index (χ1n) is 24.7. The van der Waals surface area contributed by atoms with Crippen molar-refractivity contribution in [1.82, 2.24) is 43.8 Å². The highest BCUT2D eigenvalue weighted by Crippen LogP contribution is 2.46. The minimum atomic E-state index is -4.47. The van der Waals surface area contributed by atoms with Gasteiger partial charge in [0.1, 0.15) is 28.9 Å². The number of carbonyl (C=O) groups excluding carboxylic acids is 1. The number of aromatic amines is 1. The molecule has 5 heterocycles. The third-order valence-corrected chi connectivity index (χ3v) is 20.1. The lowest BCUT2D eigenvalue weighted by molar-refractivity contribution is -0.118. The Labute approximate surface area is 431 Å². The third-order valence-electron chi connectivity index (χ3n) is 14.5. The molecule has 20 nitrogen and oxygen atoms in total. The highest BCUT2D eigenvalue weighted by atomic mass is 32.2. The SMILES string of the molecule is COc1ccc(C(OC[C@H]2C[C@@H](n3cnc4cncnc43)C[C@@H]2OS(=O)(=O)NC[C@@H]2C[C@@H](O[Si](C)(C)C(C)(C)C)[C@H](n3cnc4c(=O)[nH]c(NC(=O)C(C)C)nc43)O2)(c2ccccc2)c2ccc(OC)cc2)cc1. The zero-order valence-electron chi connectivity index (χ0n) is 43.0. The van der Waals surface area contributed by atoms with Gasteiger partial charge in [0, 0.05) is 30.8 Å². The molecule has 6 atom stereocenters. The average molecular weight is 1050 g/mol. The summed E-state index contributed by atoms with van der Waals surface area (Å²) in [7, 11) is -3.71. The smallest absolute Gasteiger partial charge is 0.336 e. The van der Waals surface area contributed by atoms with E-state index in [1.165, 1.54) is 12.7 Å². The molecule has 392 valence electrons. The van der Waals surface area contributed by atoms with Gasteiger partial charge in [-0.25, -0.2) is 19.9 Å². The molecule has 3 aromatic carbocycles. The maximum atomic E-state index is 14.4. The number of hydrogen-bond acceptors (Lipinski definition) is 15. The van der Waals surface area contributed by atoms with Crippen molar-refractivity contribution in [3.63, 3.8) is 0 Å². The maximum absolute atomic E-state index is 14.4. The van der Waals surface area contributed by atoms with E-state index in [1.54, 1.807) is 45.2 Å². The fourth-order valence-electron chi connectivity index (χ4n) is 9.51. The molecule has 1 saturated carbocycles. The number of nitrogens with one attached hydrogen (secondary N) is 3. The first-order chi connectivity index (χ1) is 35.3. The van der Waals surface area contributed by atoms with Gasteiger partial charge in [0.05, 0.1) is 58.0 Å². The molecule has 74 heavy (non-hydrogen) atoms. The molecule has 3 N–H and O–H groups in total. The predicted octanol–water partition coefficient (Wildman–Crippen LogP) is 7.43. The Morgan fingerprint density at radius 1 is 0.851 bits per heavy atom. The summed E-state index contributed by atoms with van der Waals surface area (Å²) >= 11 is 0. The molecule has 2 fully saturated rings. The van der Waals surface area contributed by atoms with Crippen LogP contribution in [0.3, 0.4) is 0 Å². The number of anilines is 1. The van der Waals surface area contributed by atoms with Crippen LogP contribution in [0.25, 0.3) is 22.3 Å². The summed E-state index contributed by atoms with van der Waals surface area (Å²) in [6, 6.07) is 25.1. The summed E-state index contributed by atoms with van der Waals surface area (Å²) in [5.41, 5.74) is 2.20. The molecule has 0 unspecified atom stereocenters. The van der Waals surface area contributed by atoms with E-state index < -0.39 is 60.2 Å². The van der Waals surface area contributed by atoms with Crippen LogP contribution in [0, 0.1) is 11.8 Å². The fraction of sp³-hybridized carbons (Fsp3) is 0.442. The number of amides is 1. The van der Waals surface area contributed by atoms with Gasteiger partial charge in [0.15, 0.2) is 31.4 Å². The van der Waals surface area contributed by atoms with E-state index in [9.17, 15) is 18.0 Å². The normalized spacial score (nSPS) is 20.7. The lowest BCUT2D eigenvalue weighted by atomic mass is 9.80. The summed E-state index contributed by atoms with van der Waals surface area (Å²) < 4.78 is 73.4. The third kappa shape index (κ3) is 10.7. The van der Waals surface area contributed by atoms with E-state index in [1.807, 2.05) is 83.4 Å². The summed E-state index contributed by atoms with van der Waals surface area (Å²) in [6.45, 7) is 14.0. The summed E-state index contributed by atoms with van der Waals surface area (Å²) in [5.74, 6) is 0.147. The largest absolute Gasteiger partial charge is 0.497 e. The van der Waals surface area contributed by atoms with Crippen molar-refractivity contribution in [2.24, 2.45) is 11.8 Å². The van der Waals surface area contributed by atoms with Crippen LogP contribution in [-0.2, 0) is 38.8 Å². The Kier molecular flexibility index (Phi) is 14.9. The molecule has 1 aliphatic carbocycles. The number of fused-ring (bicyclic) bond motifs is 2. The predicted molar refractivity (Wildman–Crippen MR) is 279 cm³/mol. The molecule has 2 aliphatic rings. The van der Waals surface area contributed by atoms with Crippen LogP contribution in [0.2, 0.25) is 18.1 Å². The second kappa shape index (κ2) is 21.1. The summed E-state index contributed by atoms with van der Waals surface area (Å²) in [5, 5.41) is 2.47. The molecule has 0 bridgehead atoms. The van der Waals surface area contributed by atoms with Gasteiger partial charge < -0.3 is 27.9 Å². The number of benzene rings is 3. The number of hydrogen-bond donors (Lipinski definition) is 3. The number of methoxy groups -OCH3 is 2. The van der Waals surface area contributed by atoms with E-state index in [0.717, 1.165) is 16.7 Å². The number of imidazole rings is 2. The van der Waals surface area contributed by atoms with Crippen molar-refractivity contribution in [2.45, 2.75) is 108 Å². The molecule has 4 aromatic heterocycles. The number of rotatable bonds is 19. The van der Waals surface area contributed by atoms with Gasteiger partial charge in [-0.15, -0.1) is 0 Å². The zero-order chi connectivity index (χ0) is 52.6. The van der Waals surface area contributed by atoms with Gasteiger partial charge in [-0.1, -0.05) is 89.2 Å². The Balaban J connectivity index is 1.01. The second-order valence-corrected chi connectivity index (χ2v) is 26.9. The molecule has 9 rings (SSSR count). The van der Waals surface area contributed by atoms with Crippen LogP contribution in [-0.4, -0.2) is 107 Å². The minimum absolute atomic E-state index is 0.0381. The van der Waals surface area contributed by atoms with Gasteiger partial charge in [-0.3, -0.25) is 28.6 Å². The van der Waals surface area contributed by atoms with Gasteiger partial charge in [0.25, 0.3) is 5.56 Å². The monoisotopic (exact) mass is 1050 g/mol. The Morgan fingerprint density at radius 3 is 2.14 bits per heavy atom. The maximum Gasteiger partial charge on any atom is 0.336 e. The fourth-order valence-corrected chi connectivity index (χ4v) is 11.9. The average Bonchev–Trinajstić information content (AvgIpc) is 4.19. The standard InChI is InChI=1S/C52H64N10O10SSi/c1-32(2)47(63)59-50-58-46-44(48(64)60-50)56-31-62(46)49-43(72-74(8,9)51(3,4)5)25-40(70-49)26-57-73(65,66)71-42-24-37(61-30-55-41-27-53-29-54-45(41)61)23-33(42)28-69-52(34-13-11-10-12-14-34,35-15-19-38(67-6)20-16-35)36-17-21-39(68-7)22-18-36/h10-22,27,29-33,37,40,42-43,49,57H,23-26,28H2,1-9H3,(H2,58,59,60,63,64)/t33-,37-,40+,42+,43-,49-/m1/s1.